The molecule has 0 unspecified atom stereocenters. The highest BCUT2D eigenvalue weighted by atomic mass is 32.1. The lowest BCUT2D eigenvalue weighted by Crippen LogP contribution is -2.23. The largest absolute Gasteiger partial charge is 0.459 e. The molecule has 0 aliphatic rings. The van der Waals surface area contributed by atoms with Gasteiger partial charge in [0.25, 0.3) is 11.8 Å². The molecule has 36 heavy (non-hydrogen) atoms. The third-order valence-corrected chi connectivity index (χ3v) is 6.29. The Kier molecular flexibility index (Phi) is 6.14. The number of hydrogen-bond acceptors (Lipinski definition) is 9. The van der Waals surface area contributed by atoms with Crippen molar-refractivity contribution >= 4 is 38.7 Å². The molecule has 9 nitrogen and oxygen atoms in total. The molecule has 0 fully saturated rings. The van der Waals surface area contributed by atoms with Gasteiger partial charge in [0, 0.05) is 19.2 Å². The van der Waals surface area contributed by atoms with Crippen molar-refractivity contribution in [3.05, 3.63) is 60.4 Å². The highest BCUT2D eigenvalue weighted by Gasteiger charge is 2.28. The van der Waals surface area contributed by atoms with Crippen molar-refractivity contribution in [1.29, 1.82) is 0 Å². The molecule has 5 aromatic rings. The van der Waals surface area contributed by atoms with Crippen molar-refractivity contribution in [1.82, 2.24) is 20.2 Å². The highest BCUT2D eigenvalue weighted by molar-refractivity contribution is 7.22. The van der Waals surface area contributed by atoms with Crippen LogP contribution in [0.3, 0.4) is 0 Å². The monoisotopic (exact) mass is 514 g/mol. The number of anilines is 2. The van der Waals surface area contributed by atoms with Crippen LogP contribution >= 0.6 is 11.3 Å². The fourth-order valence-electron chi connectivity index (χ4n) is 3.32. The van der Waals surface area contributed by atoms with Gasteiger partial charge in [-0.05, 0) is 18.2 Å². The van der Waals surface area contributed by atoms with Gasteiger partial charge in [0.05, 0.1) is 28.6 Å². The molecule has 0 aliphatic heterocycles. The van der Waals surface area contributed by atoms with Crippen molar-refractivity contribution in [3.8, 4) is 22.9 Å². The smallest absolute Gasteiger partial charge is 0.390 e. The van der Waals surface area contributed by atoms with E-state index in [2.05, 4.69) is 25.5 Å². The number of fused-ring (bicyclic) bond motifs is 1. The first kappa shape index (κ1) is 23.5. The maximum absolute atomic E-state index is 13.3. The predicted molar refractivity (Wildman–Crippen MR) is 127 cm³/mol. The summed E-state index contributed by atoms with van der Waals surface area (Å²) in [4.78, 5) is 23.6. The van der Waals surface area contributed by atoms with Crippen LogP contribution < -0.4 is 10.2 Å². The van der Waals surface area contributed by atoms with Crippen molar-refractivity contribution in [2.75, 3.05) is 23.8 Å². The molecule has 0 spiro atoms. The van der Waals surface area contributed by atoms with E-state index in [9.17, 15) is 18.0 Å². The van der Waals surface area contributed by atoms with Crippen LogP contribution in [-0.4, -0.2) is 45.8 Å². The molecular weight excluding hydrogens is 497 g/mol. The van der Waals surface area contributed by atoms with Gasteiger partial charge < -0.3 is 13.7 Å². The lowest BCUT2D eigenvalue weighted by atomic mass is 10.1. The molecule has 0 saturated carbocycles. The minimum atomic E-state index is -4.30. The van der Waals surface area contributed by atoms with E-state index in [1.54, 1.807) is 18.2 Å². The van der Waals surface area contributed by atoms with Gasteiger partial charge in [0.1, 0.15) is 0 Å². The molecule has 0 bridgehead atoms. The third-order valence-electron chi connectivity index (χ3n) is 5.10. The summed E-state index contributed by atoms with van der Waals surface area (Å²) in [7, 11) is 1.51. The fraction of sp³-hybridized carbons (Fsp3) is 0.174. The van der Waals surface area contributed by atoms with Gasteiger partial charge in [-0.1, -0.05) is 46.8 Å². The Bertz CT molecular complexity index is 1500. The summed E-state index contributed by atoms with van der Waals surface area (Å²) in [5, 5.41) is 10.5. The Morgan fingerprint density at radius 3 is 2.64 bits per heavy atom. The Hall–Kier alpha value is -4.26. The van der Waals surface area contributed by atoms with Crippen LogP contribution in [0.5, 0.6) is 0 Å². The molecule has 1 aromatic carbocycles. The van der Waals surface area contributed by atoms with Gasteiger partial charge in [-0.25, -0.2) is 4.98 Å². The first-order valence-electron chi connectivity index (χ1n) is 10.6. The third kappa shape index (κ3) is 5.05. The second-order valence-corrected chi connectivity index (χ2v) is 8.68. The number of amides is 1. The molecule has 184 valence electrons. The van der Waals surface area contributed by atoms with Crippen molar-refractivity contribution in [3.63, 3.8) is 0 Å². The maximum atomic E-state index is 13.3. The number of benzene rings is 1. The van der Waals surface area contributed by atoms with Crippen LogP contribution in [0.15, 0.2) is 63.6 Å². The van der Waals surface area contributed by atoms with Gasteiger partial charge in [-0.3, -0.25) is 10.1 Å². The van der Waals surface area contributed by atoms with E-state index in [0.29, 0.717) is 21.3 Å². The Morgan fingerprint density at radius 1 is 1.11 bits per heavy atom. The minimum absolute atomic E-state index is 0.0894. The Labute approximate surface area is 205 Å². The average molecular weight is 514 g/mol. The average Bonchev–Trinajstić information content (AvgIpc) is 3.62. The number of aromatic nitrogens is 4. The standard InChI is InChI=1S/C23H17F3N6O3S/c1-32(10-9-23(24,25)26)22-28-18-17(36-22)14(12-15(27-18)13-6-3-2-4-7-13)19(33)29-21-31-30-20(35-21)16-8-5-11-34-16/h2-8,11-12H,9-10H2,1H3,(H,29,31,33). The van der Waals surface area contributed by atoms with E-state index in [0.717, 1.165) is 16.9 Å². The molecule has 0 atom stereocenters. The van der Waals surface area contributed by atoms with Gasteiger partial charge in [0.2, 0.25) is 0 Å². The zero-order valence-corrected chi connectivity index (χ0v) is 19.4. The number of rotatable bonds is 7. The number of carbonyl (C=O) groups excluding carboxylic acids is 1. The normalized spacial score (nSPS) is 11.7. The zero-order chi connectivity index (χ0) is 25.3. The maximum Gasteiger partial charge on any atom is 0.390 e. The van der Waals surface area contributed by atoms with Gasteiger partial charge in [-0.2, -0.15) is 18.2 Å². The van der Waals surface area contributed by atoms with E-state index in [1.165, 1.54) is 18.2 Å². The molecule has 4 heterocycles. The number of nitrogens with one attached hydrogen (secondary N) is 1. The van der Waals surface area contributed by atoms with Crippen molar-refractivity contribution in [2.45, 2.75) is 12.6 Å². The predicted octanol–water partition coefficient (Wildman–Crippen LogP) is 5.64. The quantitative estimate of drug-likeness (QED) is 0.297. The van der Waals surface area contributed by atoms with Crippen LogP contribution in [0.4, 0.5) is 24.3 Å². The van der Waals surface area contributed by atoms with Crippen molar-refractivity contribution < 1.29 is 26.8 Å². The fourth-order valence-corrected chi connectivity index (χ4v) is 4.32. The lowest BCUT2D eigenvalue weighted by Gasteiger charge is -2.16. The number of pyridine rings is 1. The summed E-state index contributed by atoms with van der Waals surface area (Å²) >= 11 is 1.07. The van der Waals surface area contributed by atoms with Crippen LogP contribution in [0, 0.1) is 0 Å². The number of furan rings is 1. The highest BCUT2D eigenvalue weighted by Crippen LogP contribution is 2.34. The van der Waals surface area contributed by atoms with Crippen LogP contribution in [0.1, 0.15) is 16.8 Å². The van der Waals surface area contributed by atoms with Gasteiger partial charge >= 0.3 is 12.2 Å². The number of nitrogens with zero attached hydrogens (tertiary/aromatic N) is 5. The molecule has 0 radical (unpaired) electrons. The molecule has 5 rings (SSSR count). The Morgan fingerprint density at radius 2 is 1.92 bits per heavy atom. The number of carbonyl (C=O) groups is 1. The summed E-state index contributed by atoms with van der Waals surface area (Å²) in [6.07, 6.45) is -3.85. The van der Waals surface area contributed by atoms with E-state index >= 15 is 0 Å². The second kappa shape index (κ2) is 9.41. The first-order chi connectivity index (χ1) is 17.3. The second-order valence-electron chi connectivity index (χ2n) is 7.70. The van der Waals surface area contributed by atoms with E-state index in [1.807, 2.05) is 30.3 Å². The number of thiazole rings is 1. The molecule has 4 aromatic heterocycles. The van der Waals surface area contributed by atoms with E-state index in [4.69, 9.17) is 8.83 Å². The van der Waals surface area contributed by atoms with Gasteiger partial charge in [-0.15, -0.1) is 5.10 Å². The summed E-state index contributed by atoms with van der Waals surface area (Å²) in [5.74, 6) is -0.136. The number of halogens is 3. The summed E-state index contributed by atoms with van der Waals surface area (Å²) in [5.41, 5.74) is 1.67. The van der Waals surface area contributed by atoms with Crippen LogP contribution in [0.2, 0.25) is 0 Å². The number of alkyl halides is 3. The summed E-state index contributed by atoms with van der Waals surface area (Å²) in [6, 6.07) is 13.9. The van der Waals surface area contributed by atoms with E-state index in [-0.39, 0.29) is 29.7 Å². The van der Waals surface area contributed by atoms with Gasteiger partial charge in [0.15, 0.2) is 16.5 Å². The van der Waals surface area contributed by atoms with E-state index < -0.39 is 18.5 Å². The van der Waals surface area contributed by atoms with Crippen LogP contribution in [0.25, 0.3) is 33.3 Å². The summed E-state index contributed by atoms with van der Waals surface area (Å²) < 4.78 is 49.2. The first-order valence-corrected chi connectivity index (χ1v) is 11.4. The molecule has 0 saturated heterocycles. The Balaban J connectivity index is 1.50. The topological polar surface area (TPSA) is 110 Å². The van der Waals surface area contributed by atoms with Crippen LogP contribution in [-0.2, 0) is 0 Å². The summed E-state index contributed by atoms with van der Waals surface area (Å²) in [6.45, 7) is -0.284. The molecule has 13 heteroatoms. The number of hydrogen-bond donors (Lipinski definition) is 1. The molecule has 0 aliphatic carbocycles. The zero-order valence-electron chi connectivity index (χ0n) is 18.6. The SMILES string of the molecule is CN(CCC(F)(F)F)c1nc2nc(-c3ccccc3)cc(C(=O)Nc3nnc(-c4ccco4)o3)c2s1. The van der Waals surface area contributed by atoms with Crippen molar-refractivity contribution in [2.24, 2.45) is 0 Å². The minimum Gasteiger partial charge on any atom is -0.459 e. The molecular formula is C23H17F3N6O3S. The molecule has 1 N–H and O–H groups in total. The lowest BCUT2D eigenvalue weighted by molar-refractivity contribution is -0.132. The molecule has 1 amide bonds.